The highest BCUT2D eigenvalue weighted by molar-refractivity contribution is 5.67. The molecular formula is C23H26F2N2O2. The van der Waals surface area contributed by atoms with Gasteiger partial charge >= 0.3 is 6.09 Å². The van der Waals surface area contributed by atoms with Crippen LogP contribution < -0.4 is 5.32 Å². The second-order valence-electron chi connectivity index (χ2n) is 8.06. The first-order chi connectivity index (χ1) is 14.0. The summed E-state index contributed by atoms with van der Waals surface area (Å²) >= 11 is 0. The van der Waals surface area contributed by atoms with E-state index in [4.69, 9.17) is 4.74 Å². The maximum atomic E-state index is 15.1. The molecule has 154 valence electrons. The molecule has 0 radical (unpaired) electrons. The lowest BCUT2D eigenvalue weighted by Crippen LogP contribution is -2.49. The highest BCUT2D eigenvalue weighted by Crippen LogP contribution is 2.41. The maximum Gasteiger partial charge on any atom is 0.410 e. The summed E-state index contributed by atoms with van der Waals surface area (Å²) in [6, 6.07) is 16.3. The molecule has 1 aliphatic carbocycles. The van der Waals surface area contributed by atoms with Crippen molar-refractivity contribution < 1.29 is 18.3 Å². The average Bonchev–Trinajstić information content (AvgIpc) is 3.52. The van der Waals surface area contributed by atoms with Crippen LogP contribution >= 0.6 is 0 Å². The Morgan fingerprint density at radius 2 is 1.79 bits per heavy atom. The number of hydrogen-bond acceptors (Lipinski definition) is 3. The Balaban J connectivity index is 1.18. The third kappa shape index (κ3) is 5.12. The molecule has 2 atom stereocenters. The zero-order valence-corrected chi connectivity index (χ0v) is 16.3. The molecule has 1 N–H and O–H groups in total. The lowest BCUT2D eigenvalue weighted by Gasteiger charge is -2.36. The number of ether oxygens (including phenoxy) is 1. The molecule has 4 nitrogen and oxygen atoms in total. The first kappa shape index (κ1) is 19.8. The van der Waals surface area contributed by atoms with Crippen molar-refractivity contribution in [3.05, 3.63) is 71.5 Å². The predicted octanol–water partition coefficient (Wildman–Crippen LogP) is 4.41. The van der Waals surface area contributed by atoms with Gasteiger partial charge in [0.2, 0.25) is 0 Å². The van der Waals surface area contributed by atoms with E-state index in [1.165, 1.54) is 12.1 Å². The average molecular weight is 400 g/mol. The number of nitrogens with one attached hydrogen (secondary N) is 1. The van der Waals surface area contributed by atoms with Crippen LogP contribution in [0, 0.1) is 5.82 Å². The highest BCUT2D eigenvalue weighted by atomic mass is 19.1. The smallest absolute Gasteiger partial charge is 0.410 e. The summed E-state index contributed by atoms with van der Waals surface area (Å²) in [4.78, 5) is 13.8. The molecule has 6 heteroatoms. The van der Waals surface area contributed by atoms with Crippen LogP contribution in [-0.4, -0.2) is 42.3 Å². The van der Waals surface area contributed by atoms with E-state index in [0.717, 1.165) is 17.5 Å². The van der Waals surface area contributed by atoms with Gasteiger partial charge in [0.05, 0.1) is 0 Å². The Bertz CT molecular complexity index is 821. The minimum atomic E-state index is -1.31. The molecule has 29 heavy (non-hydrogen) atoms. The van der Waals surface area contributed by atoms with Gasteiger partial charge in [0.15, 0.2) is 0 Å². The van der Waals surface area contributed by atoms with Crippen LogP contribution in [0.4, 0.5) is 13.6 Å². The number of likely N-dealkylation sites (tertiary alicyclic amines) is 1. The molecule has 0 bridgehead atoms. The van der Waals surface area contributed by atoms with Gasteiger partial charge in [0, 0.05) is 44.4 Å². The van der Waals surface area contributed by atoms with Crippen molar-refractivity contribution in [1.82, 2.24) is 10.2 Å². The summed E-state index contributed by atoms with van der Waals surface area (Å²) in [6.07, 6.45) is 1.16. The van der Waals surface area contributed by atoms with Crippen LogP contribution in [0.15, 0.2) is 54.6 Å². The fourth-order valence-corrected chi connectivity index (χ4v) is 3.89. The van der Waals surface area contributed by atoms with Gasteiger partial charge < -0.3 is 15.0 Å². The molecule has 1 amide bonds. The lowest BCUT2D eigenvalue weighted by molar-refractivity contribution is 0.0408. The van der Waals surface area contributed by atoms with Crippen LogP contribution in [-0.2, 0) is 11.3 Å². The number of alkyl halides is 1. The summed E-state index contributed by atoms with van der Waals surface area (Å²) in [7, 11) is 0. The highest BCUT2D eigenvalue weighted by Gasteiger charge is 2.42. The molecule has 2 fully saturated rings. The van der Waals surface area contributed by atoms with Gasteiger partial charge in [-0.1, -0.05) is 42.5 Å². The van der Waals surface area contributed by atoms with E-state index < -0.39 is 5.67 Å². The Hall–Kier alpha value is -2.47. The first-order valence-corrected chi connectivity index (χ1v) is 10.2. The van der Waals surface area contributed by atoms with E-state index in [0.29, 0.717) is 31.8 Å². The van der Waals surface area contributed by atoms with Crippen LogP contribution in [0.25, 0.3) is 0 Å². The third-order valence-corrected chi connectivity index (χ3v) is 5.89. The predicted molar refractivity (Wildman–Crippen MR) is 107 cm³/mol. The van der Waals surface area contributed by atoms with Crippen molar-refractivity contribution in [1.29, 1.82) is 0 Å². The maximum absolute atomic E-state index is 15.1. The van der Waals surface area contributed by atoms with Gasteiger partial charge in [-0.3, -0.25) is 0 Å². The summed E-state index contributed by atoms with van der Waals surface area (Å²) < 4.78 is 33.5. The van der Waals surface area contributed by atoms with Crippen LogP contribution in [0.5, 0.6) is 0 Å². The Morgan fingerprint density at radius 1 is 1.10 bits per heavy atom. The van der Waals surface area contributed by atoms with Gasteiger partial charge in [-0.25, -0.2) is 13.6 Å². The number of benzene rings is 2. The number of hydrogen-bond donors (Lipinski definition) is 1. The number of halogens is 2. The topological polar surface area (TPSA) is 41.6 Å². The largest absolute Gasteiger partial charge is 0.445 e. The van der Waals surface area contributed by atoms with Gasteiger partial charge in [0.25, 0.3) is 0 Å². The summed E-state index contributed by atoms with van der Waals surface area (Å²) in [5, 5.41) is 3.32. The van der Waals surface area contributed by atoms with Crippen molar-refractivity contribution in [2.45, 2.75) is 43.5 Å². The van der Waals surface area contributed by atoms with Crippen molar-refractivity contribution in [3.63, 3.8) is 0 Å². The number of rotatable bonds is 6. The SMILES string of the molecule is O=C(OCc1ccccc1)N1CCC(F)(CN[C@@H]2C[C@H]2c2ccc(F)cc2)CC1. The number of amides is 1. The Labute approximate surface area is 169 Å². The van der Waals surface area contributed by atoms with Gasteiger partial charge in [-0.15, -0.1) is 0 Å². The zero-order chi connectivity index (χ0) is 20.3. The summed E-state index contributed by atoms with van der Waals surface area (Å²) in [5.74, 6) is 0.0860. The van der Waals surface area contributed by atoms with E-state index in [1.54, 1.807) is 17.0 Å². The molecule has 1 saturated heterocycles. The van der Waals surface area contributed by atoms with E-state index in [9.17, 15) is 9.18 Å². The first-order valence-electron chi connectivity index (χ1n) is 10.2. The molecule has 0 aromatic heterocycles. The molecule has 2 aliphatic rings. The minimum Gasteiger partial charge on any atom is -0.445 e. The normalized spacial score (nSPS) is 22.9. The molecule has 1 aliphatic heterocycles. The monoisotopic (exact) mass is 400 g/mol. The molecule has 0 unspecified atom stereocenters. The van der Waals surface area contributed by atoms with Crippen molar-refractivity contribution in [3.8, 4) is 0 Å². The number of piperidine rings is 1. The second-order valence-corrected chi connectivity index (χ2v) is 8.06. The number of nitrogens with zero attached hydrogens (tertiary/aromatic N) is 1. The molecule has 2 aromatic rings. The van der Waals surface area contributed by atoms with Crippen LogP contribution in [0.2, 0.25) is 0 Å². The van der Waals surface area contributed by atoms with Crippen molar-refractivity contribution in [2.75, 3.05) is 19.6 Å². The van der Waals surface area contributed by atoms with E-state index in [2.05, 4.69) is 5.32 Å². The van der Waals surface area contributed by atoms with Gasteiger partial charge in [-0.05, 0) is 29.7 Å². The van der Waals surface area contributed by atoms with Crippen molar-refractivity contribution in [2.24, 2.45) is 0 Å². The molecule has 1 saturated carbocycles. The van der Waals surface area contributed by atoms with Gasteiger partial charge in [0.1, 0.15) is 18.1 Å². The Morgan fingerprint density at radius 3 is 2.48 bits per heavy atom. The summed E-state index contributed by atoms with van der Waals surface area (Å²) in [6.45, 7) is 1.23. The van der Waals surface area contributed by atoms with Gasteiger partial charge in [-0.2, -0.15) is 0 Å². The minimum absolute atomic E-state index is 0.227. The quantitative estimate of drug-likeness (QED) is 0.781. The molecule has 1 heterocycles. The third-order valence-electron chi connectivity index (χ3n) is 5.89. The van der Waals surface area contributed by atoms with E-state index in [-0.39, 0.29) is 31.1 Å². The van der Waals surface area contributed by atoms with Crippen molar-refractivity contribution >= 4 is 6.09 Å². The Kier molecular flexibility index (Phi) is 5.81. The molecular weight excluding hydrogens is 374 g/mol. The number of carbonyl (C=O) groups is 1. The van der Waals surface area contributed by atoms with Crippen LogP contribution in [0.3, 0.4) is 0 Å². The standard InChI is InChI=1S/C23H26F2N2O2/c24-19-8-6-18(7-9-19)20-14-21(20)26-16-23(25)10-12-27(13-11-23)22(28)29-15-17-4-2-1-3-5-17/h1-9,20-21,26H,10-16H2/t20-,21+/m0/s1. The second kappa shape index (κ2) is 8.49. The fourth-order valence-electron chi connectivity index (χ4n) is 3.89. The zero-order valence-electron chi connectivity index (χ0n) is 16.3. The van der Waals surface area contributed by atoms with E-state index in [1.807, 2.05) is 30.3 Å². The molecule has 0 spiro atoms. The molecule has 2 aromatic carbocycles. The van der Waals surface area contributed by atoms with Crippen LogP contribution in [0.1, 0.15) is 36.3 Å². The van der Waals surface area contributed by atoms with E-state index >= 15 is 4.39 Å². The number of carbonyl (C=O) groups excluding carboxylic acids is 1. The fraction of sp³-hybridized carbons (Fsp3) is 0.435. The molecule has 4 rings (SSSR count). The lowest BCUT2D eigenvalue weighted by atomic mass is 9.93. The summed E-state index contributed by atoms with van der Waals surface area (Å²) in [5.41, 5.74) is 0.710.